The van der Waals surface area contributed by atoms with E-state index in [-0.39, 0.29) is 6.04 Å². The number of nitrogens with zero attached hydrogens (tertiary/aromatic N) is 4. The van der Waals surface area contributed by atoms with Gasteiger partial charge in [0, 0.05) is 26.7 Å². The van der Waals surface area contributed by atoms with Gasteiger partial charge in [0.05, 0.1) is 18.1 Å². The molecule has 2 atom stereocenters. The molecule has 1 aromatic rings. The Morgan fingerprint density at radius 3 is 2.48 bits per heavy atom. The van der Waals surface area contributed by atoms with Crippen molar-refractivity contribution in [1.82, 2.24) is 14.9 Å². The molecule has 0 saturated carbocycles. The zero-order chi connectivity index (χ0) is 17.0. The highest BCUT2D eigenvalue weighted by Crippen LogP contribution is 2.21. The van der Waals surface area contributed by atoms with Crippen molar-refractivity contribution in [2.45, 2.75) is 39.2 Å². The molecule has 1 N–H and O–H groups in total. The molecule has 0 aliphatic carbocycles. The maximum atomic E-state index is 12.5. The molecule has 23 heavy (non-hydrogen) atoms. The van der Waals surface area contributed by atoms with Crippen molar-refractivity contribution >= 4 is 23.5 Å². The van der Waals surface area contributed by atoms with Crippen LogP contribution in [0.2, 0.25) is 0 Å². The molecule has 1 aromatic heterocycles. The molecule has 1 saturated heterocycles. The summed E-state index contributed by atoms with van der Waals surface area (Å²) in [5.74, 6) is -0.154. The summed E-state index contributed by atoms with van der Waals surface area (Å²) in [6.45, 7) is 4.74. The smallest absolute Gasteiger partial charge is 0.313 e. The molecule has 1 aliphatic heterocycles. The van der Waals surface area contributed by atoms with Gasteiger partial charge >= 0.3 is 11.8 Å². The van der Waals surface area contributed by atoms with Crippen LogP contribution in [0.3, 0.4) is 0 Å². The lowest BCUT2D eigenvalue weighted by atomic mass is 10.1. The fraction of sp³-hybridized carbons (Fsp3) is 0.625. The van der Waals surface area contributed by atoms with Crippen LogP contribution in [-0.2, 0) is 9.59 Å². The Morgan fingerprint density at radius 2 is 1.87 bits per heavy atom. The summed E-state index contributed by atoms with van der Waals surface area (Å²) in [7, 11) is 3.66. The normalized spacial score (nSPS) is 21.5. The molecular weight excluding hydrogens is 294 g/mol. The fourth-order valence-electron chi connectivity index (χ4n) is 2.74. The van der Waals surface area contributed by atoms with Crippen LogP contribution in [0.1, 0.15) is 33.1 Å². The summed E-state index contributed by atoms with van der Waals surface area (Å²) in [6, 6.07) is 0.0885. The second-order valence-corrected chi connectivity index (χ2v) is 6.46. The summed E-state index contributed by atoms with van der Waals surface area (Å²) in [5.41, 5.74) is 0.421. The highest BCUT2D eigenvalue weighted by Gasteiger charge is 2.29. The maximum absolute atomic E-state index is 12.5. The van der Waals surface area contributed by atoms with Crippen molar-refractivity contribution in [3.63, 3.8) is 0 Å². The molecule has 0 spiro atoms. The second kappa shape index (κ2) is 7.39. The van der Waals surface area contributed by atoms with Gasteiger partial charge < -0.3 is 15.1 Å². The van der Waals surface area contributed by atoms with Crippen LogP contribution in [0.15, 0.2) is 12.4 Å². The topological polar surface area (TPSA) is 78.4 Å². The van der Waals surface area contributed by atoms with Crippen LogP contribution in [0, 0.1) is 5.92 Å². The molecule has 0 bridgehead atoms. The van der Waals surface area contributed by atoms with Gasteiger partial charge in [-0.3, -0.25) is 9.59 Å². The highest BCUT2D eigenvalue weighted by atomic mass is 16.2. The molecule has 2 rings (SSSR count). The van der Waals surface area contributed by atoms with Crippen LogP contribution < -0.4 is 10.2 Å². The Morgan fingerprint density at radius 1 is 1.22 bits per heavy atom. The summed E-state index contributed by atoms with van der Waals surface area (Å²) >= 11 is 0. The maximum Gasteiger partial charge on any atom is 0.313 e. The van der Waals surface area contributed by atoms with E-state index < -0.39 is 11.8 Å². The molecule has 0 aromatic carbocycles. The quantitative estimate of drug-likeness (QED) is 0.836. The Labute approximate surface area is 137 Å². The third-order valence-electron chi connectivity index (χ3n) is 4.11. The van der Waals surface area contributed by atoms with Gasteiger partial charge in [0.25, 0.3) is 0 Å². The fourth-order valence-corrected chi connectivity index (χ4v) is 2.74. The van der Waals surface area contributed by atoms with Crippen LogP contribution in [-0.4, -0.2) is 53.4 Å². The monoisotopic (exact) mass is 319 g/mol. The Hall–Kier alpha value is -2.18. The van der Waals surface area contributed by atoms with Crippen molar-refractivity contribution in [1.29, 1.82) is 0 Å². The SMILES string of the molecule is CC1CCCC(C)N(C(=O)C(=O)Nc2cnc(N(C)C)nc2)C1. The van der Waals surface area contributed by atoms with Gasteiger partial charge in [-0.05, 0) is 25.7 Å². The zero-order valence-corrected chi connectivity index (χ0v) is 14.2. The first-order valence-electron chi connectivity index (χ1n) is 7.99. The van der Waals surface area contributed by atoms with E-state index in [1.54, 1.807) is 9.80 Å². The lowest BCUT2D eigenvalue weighted by Crippen LogP contribution is -2.45. The second-order valence-electron chi connectivity index (χ2n) is 6.46. The predicted octanol–water partition coefficient (Wildman–Crippen LogP) is 1.52. The van der Waals surface area contributed by atoms with Gasteiger partial charge in [0.1, 0.15) is 0 Å². The minimum absolute atomic E-state index is 0.0885. The lowest BCUT2D eigenvalue weighted by Gasteiger charge is -2.27. The van der Waals surface area contributed by atoms with Crippen LogP contribution in [0.25, 0.3) is 0 Å². The summed E-state index contributed by atoms with van der Waals surface area (Å²) in [6.07, 6.45) is 6.12. The average molecular weight is 319 g/mol. The molecule has 0 radical (unpaired) electrons. The third-order valence-corrected chi connectivity index (χ3v) is 4.11. The first-order valence-corrected chi connectivity index (χ1v) is 7.99. The third kappa shape index (κ3) is 4.40. The minimum atomic E-state index is -0.632. The van der Waals surface area contributed by atoms with Gasteiger partial charge in [-0.1, -0.05) is 13.3 Å². The molecule has 2 amide bonds. The van der Waals surface area contributed by atoms with Gasteiger partial charge in [-0.15, -0.1) is 0 Å². The number of rotatable bonds is 2. The lowest BCUT2D eigenvalue weighted by molar-refractivity contribution is -0.144. The van der Waals surface area contributed by atoms with Crippen molar-refractivity contribution in [2.75, 3.05) is 30.9 Å². The van der Waals surface area contributed by atoms with E-state index in [0.717, 1.165) is 19.3 Å². The predicted molar refractivity (Wildman–Crippen MR) is 89.2 cm³/mol. The van der Waals surface area contributed by atoms with E-state index in [1.165, 1.54) is 12.4 Å². The number of hydrogen-bond donors (Lipinski definition) is 1. The van der Waals surface area contributed by atoms with E-state index in [9.17, 15) is 9.59 Å². The number of carbonyl (C=O) groups is 2. The van der Waals surface area contributed by atoms with Crippen molar-refractivity contribution < 1.29 is 9.59 Å². The number of nitrogens with one attached hydrogen (secondary N) is 1. The molecule has 7 heteroatoms. The number of hydrogen-bond acceptors (Lipinski definition) is 5. The largest absolute Gasteiger partial charge is 0.347 e. The van der Waals surface area contributed by atoms with Gasteiger partial charge in [-0.2, -0.15) is 0 Å². The molecular formula is C16H25N5O2. The summed E-state index contributed by atoms with van der Waals surface area (Å²) < 4.78 is 0. The van der Waals surface area contributed by atoms with E-state index in [4.69, 9.17) is 0 Å². The number of amides is 2. The molecule has 7 nitrogen and oxygen atoms in total. The number of anilines is 2. The zero-order valence-electron chi connectivity index (χ0n) is 14.2. The molecule has 2 unspecified atom stereocenters. The van der Waals surface area contributed by atoms with E-state index in [0.29, 0.717) is 24.1 Å². The van der Waals surface area contributed by atoms with Crippen molar-refractivity contribution in [2.24, 2.45) is 5.92 Å². The standard InChI is InChI=1S/C16H25N5O2/c1-11-6-5-7-12(2)21(10-11)15(23)14(22)19-13-8-17-16(18-9-13)20(3)4/h8-9,11-12H,5-7,10H2,1-4H3,(H,19,22). The first kappa shape index (κ1) is 17.2. The minimum Gasteiger partial charge on any atom is -0.347 e. The molecule has 1 fully saturated rings. The van der Waals surface area contributed by atoms with Gasteiger partial charge in [-0.25, -0.2) is 9.97 Å². The van der Waals surface area contributed by atoms with Crippen LogP contribution in [0.5, 0.6) is 0 Å². The average Bonchev–Trinajstić information content (AvgIpc) is 2.68. The first-order chi connectivity index (χ1) is 10.9. The Kier molecular flexibility index (Phi) is 5.52. The van der Waals surface area contributed by atoms with E-state index in [1.807, 2.05) is 21.0 Å². The highest BCUT2D eigenvalue weighted by molar-refractivity contribution is 6.39. The number of likely N-dealkylation sites (tertiary alicyclic amines) is 1. The summed E-state index contributed by atoms with van der Waals surface area (Å²) in [5, 5.41) is 2.59. The molecule has 2 heterocycles. The van der Waals surface area contributed by atoms with Gasteiger partial charge in [0.15, 0.2) is 0 Å². The molecule has 1 aliphatic rings. The van der Waals surface area contributed by atoms with Crippen molar-refractivity contribution in [3.8, 4) is 0 Å². The van der Waals surface area contributed by atoms with E-state index >= 15 is 0 Å². The Bertz CT molecular complexity index is 558. The Balaban J connectivity index is 2.02. The number of aromatic nitrogens is 2. The molecule has 126 valence electrons. The van der Waals surface area contributed by atoms with Crippen LogP contribution >= 0.6 is 0 Å². The summed E-state index contributed by atoms with van der Waals surface area (Å²) in [4.78, 5) is 36.4. The number of carbonyl (C=O) groups excluding carboxylic acids is 2. The van der Waals surface area contributed by atoms with Gasteiger partial charge in [0.2, 0.25) is 5.95 Å². The van der Waals surface area contributed by atoms with Crippen LogP contribution in [0.4, 0.5) is 11.6 Å². The van der Waals surface area contributed by atoms with E-state index in [2.05, 4.69) is 22.2 Å². The van der Waals surface area contributed by atoms with Crippen molar-refractivity contribution in [3.05, 3.63) is 12.4 Å².